The molecule has 0 fully saturated rings. The van der Waals surface area contributed by atoms with E-state index < -0.39 is 12.3 Å². The van der Waals surface area contributed by atoms with Gasteiger partial charge in [-0.3, -0.25) is 0 Å². The first-order chi connectivity index (χ1) is 21.5. The molecule has 7 rings (SSSR count). The van der Waals surface area contributed by atoms with E-state index in [0.717, 1.165) is 21.5 Å². The standard InChI is InChI=1S/C36H20Cl2O6/c37-23-18-19-26-28(20-23)34(44-36(40)42-31-17-6-11-22-9-2-4-13-25(22)31)32-27(14-7-15-29(32)38)33(26)43-35(39)41-30-16-5-10-21-8-1-3-12-24(21)30/h1-20H. The van der Waals surface area contributed by atoms with Gasteiger partial charge < -0.3 is 18.9 Å². The summed E-state index contributed by atoms with van der Waals surface area (Å²) in [7, 11) is 0. The van der Waals surface area contributed by atoms with E-state index >= 15 is 0 Å². The van der Waals surface area contributed by atoms with E-state index in [-0.39, 0.29) is 16.5 Å². The van der Waals surface area contributed by atoms with Gasteiger partial charge in [0.05, 0.1) is 5.02 Å². The second-order valence-corrected chi connectivity index (χ2v) is 10.7. The van der Waals surface area contributed by atoms with Crippen molar-refractivity contribution in [2.24, 2.45) is 0 Å². The van der Waals surface area contributed by atoms with Gasteiger partial charge in [-0.25, -0.2) is 9.59 Å². The number of rotatable bonds is 4. The van der Waals surface area contributed by atoms with Crippen molar-refractivity contribution in [1.29, 1.82) is 0 Å². The minimum absolute atomic E-state index is 0.100. The first-order valence-electron chi connectivity index (χ1n) is 13.5. The van der Waals surface area contributed by atoms with Crippen molar-refractivity contribution in [3.63, 3.8) is 0 Å². The van der Waals surface area contributed by atoms with Gasteiger partial charge >= 0.3 is 12.3 Å². The maximum absolute atomic E-state index is 13.3. The first-order valence-corrected chi connectivity index (χ1v) is 14.3. The lowest BCUT2D eigenvalue weighted by molar-refractivity contribution is 0.151. The summed E-state index contributed by atoms with van der Waals surface area (Å²) in [6, 6.07) is 35.8. The van der Waals surface area contributed by atoms with Crippen LogP contribution in [-0.4, -0.2) is 12.3 Å². The van der Waals surface area contributed by atoms with Crippen LogP contribution in [-0.2, 0) is 0 Å². The van der Waals surface area contributed by atoms with Gasteiger partial charge in [-0.2, -0.15) is 0 Å². The van der Waals surface area contributed by atoms with Crippen LogP contribution in [0.4, 0.5) is 9.59 Å². The molecule has 6 nitrogen and oxygen atoms in total. The first kappa shape index (κ1) is 27.5. The molecule has 0 atom stereocenters. The highest BCUT2D eigenvalue weighted by Crippen LogP contribution is 2.46. The number of halogens is 2. The molecule has 7 aromatic carbocycles. The Bertz CT molecular complexity index is 2250. The normalized spacial score (nSPS) is 11.1. The summed E-state index contributed by atoms with van der Waals surface area (Å²) in [6.45, 7) is 0. The van der Waals surface area contributed by atoms with Crippen molar-refractivity contribution in [2.75, 3.05) is 0 Å². The summed E-state index contributed by atoms with van der Waals surface area (Å²) < 4.78 is 23.0. The van der Waals surface area contributed by atoms with E-state index in [4.69, 9.17) is 42.1 Å². The Balaban J connectivity index is 1.30. The molecule has 0 bridgehead atoms. The minimum atomic E-state index is -0.979. The van der Waals surface area contributed by atoms with Crippen molar-refractivity contribution in [2.45, 2.75) is 0 Å². The summed E-state index contributed by atoms with van der Waals surface area (Å²) in [5.74, 6) is 0.943. The monoisotopic (exact) mass is 618 g/mol. The third kappa shape index (κ3) is 5.11. The van der Waals surface area contributed by atoms with Crippen LogP contribution in [0.3, 0.4) is 0 Å². The van der Waals surface area contributed by atoms with E-state index in [9.17, 15) is 9.59 Å². The Morgan fingerprint density at radius 1 is 0.455 bits per heavy atom. The second kappa shape index (κ2) is 11.4. The molecule has 0 saturated carbocycles. The fourth-order valence-electron chi connectivity index (χ4n) is 5.30. The van der Waals surface area contributed by atoms with Crippen molar-refractivity contribution < 1.29 is 28.5 Å². The molecule has 7 aromatic rings. The molecule has 0 spiro atoms. The molecule has 0 amide bonds. The van der Waals surface area contributed by atoms with E-state index in [1.54, 1.807) is 60.7 Å². The smallest absolute Gasteiger partial charge is 0.394 e. The van der Waals surface area contributed by atoms with Crippen LogP contribution < -0.4 is 18.9 Å². The number of carbonyl (C=O) groups excluding carboxylic acids is 2. The molecule has 0 unspecified atom stereocenters. The Hall–Kier alpha value is -5.30. The summed E-state index contributed by atoms with van der Waals surface area (Å²) in [5.41, 5.74) is 0. The Labute approximate surface area is 260 Å². The van der Waals surface area contributed by atoms with Crippen LogP contribution >= 0.6 is 23.2 Å². The number of carbonyl (C=O) groups is 2. The molecule has 44 heavy (non-hydrogen) atoms. The largest absolute Gasteiger partial charge is 0.519 e. The van der Waals surface area contributed by atoms with Gasteiger partial charge in [-0.1, -0.05) is 108 Å². The molecule has 0 heterocycles. The van der Waals surface area contributed by atoms with E-state index in [1.165, 1.54) is 0 Å². The SMILES string of the molecule is O=C(Oc1cccc2ccccc12)Oc1c2ccc(Cl)cc2c(OC(=O)Oc2cccc3ccccc23)c2c(Cl)cccc12. The molecule has 0 aliphatic heterocycles. The second-order valence-electron chi connectivity index (χ2n) is 9.87. The number of fused-ring (bicyclic) bond motifs is 4. The third-order valence-corrected chi connectivity index (χ3v) is 7.76. The van der Waals surface area contributed by atoms with Crippen LogP contribution in [0.1, 0.15) is 0 Å². The van der Waals surface area contributed by atoms with Gasteiger partial charge in [-0.05, 0) is 47.2 Å². The number of ether oxygens (including phenoxy) is 4. The van der Waals surface area contributed by atoms with Gasteiger partial charge in [0.1, 0.15) is 11.5 Å². The Morgan fingerprint density at radius 3 is 1.61 bits per heavy atom. The number of benzene rings is 7. The van der Waals surface area contributed by atoms with Gasteiger partial charge in [0.25, 0.3) is 0 Å². The summed E-state index contributed by atoms with van der Waals surface area (Å²) >= 11 is 13.1. The Morgan fingerprint density at radius 2 is 0.977 bits per heavy atom. The van der Waals surface area contributed by atoms with Crippen LogP contribution in [0.2, 0.25) is 10.0 Å². The van der Waals surface area contributed by atoms with Gasteiger partial charge in [0.15, 0.2) is 11.5 Å². The highest BCUT2D eigenvalue weighted by Gasteiger charge is 2.24. The van der Waals surface area contributed by atoms with Gasteiger partial charge in [0.2, 0.25) is 0 Å². The van der Waals surface area contributed by atoms with Crippen molar-refractivity contribution in [1.82, 2.24) is 0 Å². The lowest BCUT2D eigenvalue weighted by Crippen LogP contribution is -2.16. The molecule has 214 valence electrons. The quantitative estimate of drug-likeness (QED) is 0.111. The molecule has 0 aliphatic carbocycles. The predicted octanol–water partition coefficient (Wildman–Crippen LogP) is 10.8. The average molecular weight is 619 g/mol. The number of hydrogen-bond donors (Lipinski definition) is 0. The van der Waals surface area contributed by atoms with Crippen molar-refractivity contribution >= 4 is 78.6 Å². The predicted molar refractivity (Wildman–Crippen MR) is 173 cm³/mol. The molecule has 0 aromatic heterocycles. The highest BCUT2D eigenvalue weighted by molar-refractivity contribution is 6.38. The fraction of sp³-hybridized carbons (Fsp3) is 0. The van der Waals surface area contributed by atoms with Crippen LogP contribution in [0.5, 0.6) is 23.0 Å². The fourth-order valence-corrected chi connectivity index (χ4v) is 5.73. The summed E-state index contributed by atoms with van der Waals surface area (Å²) in [4.78, 5) is 26.5. The van der Waals surface area contributed by atoms with E-state index in [2.05, 4.69) is 0 Å². The molecule has 0 N–H and O–H groups in total. The zero-order valence-electron chi connectivity index (χ0n) is 22.8. The van der Waals surface area contributed by atoms with Crippen molar-refractivity contribution in [3.8, 4) is 23.0 Å². The zero-order valence-corrected chi connectivity index (χ0v) is 24.3. The van der Waals surface area contributed by atoms with Gasteiger partial charge in [-0.15, -0.1) is 0 Å². The number of hydrogen-bond acceptors (Lipinski definition) is 6. The molecule has 0 radical (unpaired) electrons. The van der Waals surface area contributed by atoms with E-state index in [1.807, 2.05) is 60.7 Å². The molecule has 8 heteroatoms. The minimum Gasteiger partial charge on any atom is -0.394 e. The molecular weight excluding hydrogens is 599 g/mol. The molecule has 0 saturated heterocycles. The van der Waals surface area contributed by atoms with Crippen LogP contribution in [0.25, 0.3) is 43.1 Å². The summed E-state index contributed by atoms with van der Waals surface area (Å²) in [5, 5.41) is 5.48. The summed E-state index contributed by atoms with van der Waals surface area (Å²) in [6.07, 6.45) is -1.93. The third-order valence-electron chi connectivity index (χ3n) is 7.21. The maximum atomic E-state index is 13.3. The van der Waals surface area contributed by atoms with Crippen molar-refractivity contribution in [3.05, 3.63) is 131 Å². The maximum Gasteiger partial charge on any atom is 0.519 e. The lowest BCUT2D eigenvalue weighted by Gasteiger charge is -2.17. The topological polar surface area (TPSA) is 71.1 Å². The Kier molecular flexibility index (Phi) is 7.14. The zero-order chi connectivity index (χ0) is 30.2. The average Bonchev–Trinajstić information content (AvgIpc) is 3.03. The molecular formula is C36H20Cl2O6. The van der Waals surface area contributed by atoms with E-state index in [0.29, 0.717) is 38.1 Å². The highest BCUT2D eigenvalue weighted by atomic mass is 35.5. The lowest BCUT2D eigenvalue weighted by atomic mass is 10.0. The van der Waals surface area contributed by atoms with Gasteiger partial charge in [0, 0.05) is 37.3 Å². The molecule has 0 aliphatic rings. The van der Waals surface area contributed by atoms with Crippen LogP contribution in [0.15, 0.2) is 121 Å². The van der Waals surface area contributed by atoms with Crippen LogP contribution in [0, 0.1) is 0 Å².